The fraction of sp³-hybridized carbons (Fsp3) is 0.500. The van der Waals surface area contributed by atoms with Gasteiger partial charge in [-0.15, -0.1) is 0 Å². The van der Waals surface area contributed by atoms with Crippen molar-refractivity contribution in [1.29, 1.82) is 0 Å². The molecule has 58 valence electrons. The van der Waals surface area contributed by atoms with Crippen molar-refractivity contribution in [3.8, 4) is 0 Å². The Morgan fingerprint density at radius 3 is 2.55 bits per heavy atom. The second-order valence-corrected chi connectivity index (χ2v) is 3.03. The standard InChI is InChI=1S/C8H11N3/c9-8-5-11-10-4-7(8)6-2-1-3-6/h4-6H,1-3H2,(H2,9,10). The quantitative estimate of drug-likeness (QED) is 0.655. The van der Waals surface area contributed by atoms with Crippen LogP contribution in [-0.4, -0.2) is 10.2 Å². The average molecular weight is 149 g/mol. The maximum absolute atomic E-state index is 5.73. The summed E-state index contributed by atoms with van der Waals surface area (Å²) in [7, 11) is 0. The van der Waals surface area contributed by atoms with E-state index in [-0.39, 0.29) is 0 Å². The Bertz CT molecular complexity index is 255. The van der Waals surface area contributed by atoms with E-state index in [2.05, 4.69) is 10.2 Å². The van der Waals surface area contributed by atoms with Gasteiger partial charge in [0, 0.05) is 0 Å². The number of nitrogen functional groups attached to an aromatic ring is 1. The molecule has 0 aliphatic heterocycles. The number of rotatable bonds is 1. The second kappa shape index (κ2) is 2.49. The van der Waals surface area contributed by atoms with Crippen LogP contribution < -0.4 is 5.73 Å². The predicted octanol–water partition coefficient (Wildman–Crippen LogP) is 1.33. The van der Waals surface area contributed by atoms with Gasteiger partial charge in [-0.3, -0.25) is 0 Å². The van der Waals surface area contributed by atoms with Crippen molar-refractivity contribution in [2.45, 2.75) is 25.2 Å². The van der Waals surface area contributed by atoms with E-state index in [0.717, 1.165) is 5.69 Å². The van der Waals surface area contributed by atoms with Crippen LogP contribution in [0.1, 0.15) is 30.7 Å². The second-order valence-electron chi connectivity index (χ2n) is 3.03. The van der Waals surface area contributed by atoms with E-state index in [4.69, 9.17) is 5.73 Å². The molecule has 3 nitrogen and oxygen atoms in total. The van der Waals surface area contributed by atoms with Crippen molar-refractivity contribution >= 4 is 5.69 Å². The number of anilines is 1. The Kier molecular flexibility index (Phi) is 1.49. The van der Waals surface area contributed by atoms with Gasteiger partial charge in [0.2, 0.25) is 0 Å². The smallest absolute Gasteiger partial charge is 0.0728 e. The highest BCUT2D eigenvalue weighted by molar-refractivity contribution is 5.45. The molecule has 0 unspecified atom stereocenters. The van der Waals surface area contributed by atoms with Crippen LogP contribution in [0.25, 0.3) is 0 Å². The molecular formula is C8H11N3. The third-order valence-corrected chi connectivity index (χ3v) is 2.34. The van der Waals surface area contributed by atoms with Crippen molar-refractivity contribution in [3.05, 3.63) is 18.0 Å². The van der Waals surface area contributed by atoms with E-state index < -0.39 is 0 Å². The van der Waals surface area contributed by atoms with Crippen LogP contribution in [0.5, 0.6) is 0 Å². The first-order valence-electron chi connectivity index (χ1n) is 3.94. The first-order chi connectivity index (χ1) is 5.38. The lowest BCUT2D eigenvalue weighted by atomic mass is 9.80. The SMILES string of the molecule is Nc1cnncc1C1CCC1. The molecular weight excluding hydrogens is 138 g/mol. The van der Waals surface area contributed by atoms with Gasteiger partial charge in [0.05, 0.1) is 18.1 Å². The molecule has 3 heteroatoms. The highest BCUT2D eigenvalue weighted by Crippen LogP contribution is 2.37. The van der Waals surface area contributed by atoms with Crippen molar-refractivity contribution in [2.75, 3.05) is 5.73 Å². The molecule has 1 aliphatic rings. The topological polar surface area (TPSA) is 51.8 Å². The van der Waals surface area contributed by atoms with Crippen LogP contribution in [-0.2, 0) is 0 Å². The van der Waals surface area contributed by atoms with E-state index >= 15 is 0 Å². The molecule has 1 heterocycles. The predicted molar refractivity (Wildman–Crippen MR) is 43.0 cm³/mol. The zero-order valence-corrected chi connectivity index (χ0v) is 6.33. The molecule has 1 aliphatic carbocycles. The van der Waals surface area contributed by atoms with Gasteiger partial charge < -0.3 is 5.73 Å². The van der Waals surface area contributed by atoms with E-state index in [9.17, 15) is 0 Å². The average Bonchev–Trinajstić information content (AvgIpc) is 1.90. The fourth-order valence-corrected chi connectivity index (χ4v) is 1.40. The van der Waals surface area contributed by atoms with Gasteiger partial charge in [-0.25, -0.2) is 0 Å². The van der Waals surface area contributed by atoms with Gasteiger partial charge in [0.1, 0.15) is 0 Å². The number of hydrogen-bond donors (Lipinski definition) is 1. The molecule has 1 saturated carbocycles. The molecule has 0 aromatic carbocycles. The Morgan fingerprint density at radius 2 is 2.00 bits per heavy atom. The largest absolute Gasteiger partial charge is 0.397 e. The summed E-state index contributed by atoms with van der Waals surface area (Å²) in [6, 6.07) is 0. The van der Waals surface area contributed by atoms with Crippen molar-refractivity contribution in [2.24, 2.45) is 0 Å². The lowest BCUT2D eigenvalue weighted by molar-refractivity contribution is 0.419. The highest BCUT2D eigenvalue weighted by Gasteiger charge is 2.21. The zero-order chi connectivity index (χ0) is 7.68. The maximum atomic E-state index is 5.73. The lowest BCUT2D eigenvalue weighted by Crippen LogP contribution is -2.11. The summed E-state index contributed by atoms with van der Waals surface area (Å²) in [6.45, 7) is 0. The summed E-state index contributed by atoms with van der Waals surface area (Å²) in [5.74, 6) is 0.658. The van der Waals surface area contributed by atoms with E-state index in [1.165, 1.54) is 24.8 Å². The first kappa shape index (κ1) is 6.58. The molecule has 2 rings (SSSR count). The van der Waals surface area contributed by atoms with Gasteiger partial charge in [0.15, 0.2) is 0 Å². The molecule has 1 aromatic heterocycles. The van der Waals surface area contributed by atoms with Gasteiger partial charge >= 0.3 is 0 Å². The molecule has 1 aromatic rings. The molecule has 1 fully saturated rings. The van der Waals surface area contributed by atoms with E-state index in [1.54, 1.807) is 12.4 Å². The number of hydrogen-bond acceptors (Lipinski definition) is 3. The van der Waals surface area contributed by atoms with E-state index in [1.807, 2.05) is 0 Å². The van der Waals surface area contributed by atoms with E-state index in [0.29, 0.717) is 5.92 Å². The van der Waals surface area contributed by atoms with Crippen LogP contribution in [0.2, 0.25) is 0 Å². The van der Waals surface area contributed by atoms with Crippen LogP contribution in [0, 0.1) is 0 Å². The van der Waals surface area contributed by atoms with Crippen LogP contribution in [0.4, 0.5) is 5.69 Å². The monoisotopic (exact) mass is 149 g/mol. The van der Waals surface area contributed by atoms with Crippen LogP contribution >= 0.6 is 0 Å². The summed E-state index contributed by atoms with van der Waals surface area (Å²) in [5, 5.41) is 7.53. The number of nitrogens with zero attached hydrogens (tertiary/aromatic N) is 2. The number of nitrogens with two attached hydrogens (primary N) is 1. The molecule has 0 radical (unpaired) electrons. The summed E-state index contributed by atoms with van der Waals surface area (Å²) < 4.78 is 0. The van der Waals surface area contributed by atoms with Crippen molar-refractivity contribution < 1.29 is 0 Å². The first-order valence-corrected chi connectivity index (χ1v) is 3.94. The Balaban J connectivity index is 2.28. The summed E-state index contributed by atoms with van der Waals surface area (Å²) in [6.07, 6.45) is 7.27. The zero-order valence-electron chi connectivity index (χ0n) is 6.33. The molecule has 0 amide bonds. The maximum Gasteiger partial charge on any atom is 0.0728 e. The number of aromatic nitrogens is 2. The third-order valence-electron chi connectivity index (χ3n) is 2.34. The van der Waals surface area contributed by atoms with Gasteiger partial charge in [0.25, 0.3) is 0 Å². The summed E-state index contributed by atoms with van der Waals surface area (Å²) >= 11 is 0. The highest BCUT2D eigenvalue weighted by atomic mass is 15.1. The summed E-state index contributed by atoms with van der Waals surface area (Å²) in [5.41, 5.74) is 7.71. The van der Waals surface area contributed by atoms with Crippen LogP contribution in [0.3, 0.4) is 0 Å². The minimum atomic E-state index is 0.658. The molecule has 0 atom stereocenters. The van der Waals surface area contributed by atoms with Crippen molar-refractivity contribution in [1.82, 2.24) is 10.2 Å². The van der Waals surface area contributed by atoms with Gasteiger partial charge in [-0.05, 0) is 24.3 Å². The third kappa shape index (κ3) is 1.06. The summed E-state index contributed by atoms with van der Waals surface area (Å²) in [4.78, 5) is 0. The fourth-order valence-electron chi connectivity index (χ4n) is 1.40. The van der Waals surface area contributed by atoms with Crippen LogP contribution in [0.15, 0.2) is 12.4 Å². The minimum Gasteiger partial charge on any atom is -0.397 e. The molecule has 0 spiro atoms. The van der Waals surface area contributed by atoms with Gasteiger partial charge in [-0.1, -0.05) is 6.42 Å². The van der Waals surface area contributed by atoms with Crippen molar-refractivity contribution in [3.63, 3.8) is 0 Å². The minimum absolute atomic E-state index is 0.658. The van der Waals surface area contributed by atoms with Gasteiger partial charge in [-0.2, -0.15) is 10.2 Å². The molecule has 0 bridgehead atoms. The Labute approximate surface area is 65.6 Å². The Morgan fingerprint density at radius 1 is 1.27 bits per heavy atom. The molecule has 2 N–H and O–H groups in total. The molecule has 0 saturated heterocycles. The lowest BCUT2D eigenvalue weighted by Gasteiger charge is -2.25. The normalized spacial score (nSPS) is 17.8. The molecule has 11 heavy (non-hydrogen) atoms. The Hall–Kier alpha value is -1.12.